The minimum atomic E-state index is -0.915. The minimum absolute atomic E-state index is 0.109. The Hall–Kier alpha value is -2.24. The minimum Gasteiger partial charge on any atom is -0.363 e. The highest BCUT2D eigenvalue weighted by atomic mass is 32.2. The van der Waals surface area contributed by atoms with Gasteiger partial charge in [-0.1, -0.05) is 25.6 Å². The van der Waals surface area contributed by atoms with Gasteiger partial charge < -0.3 is 16.5 Å². The Morgan fingerprint density at radius 2 is 1.96 bits per heavy atom. The number of hydrogen-bond acceptors (Lipinski definition) is 8. The Labute approximate surface area is 135 Å². The lowest BCUT2D eigenvalue weighted by Crippen LogP contribution is -2.45. The van der Waals surface area contributed by atoms with Crippen LogP contribution in [0.3, 0.4) is 0 Å². The second-order valence-corrected chi connectivity index (χ2v) is 5.88. The number of nitrogens with one attached hydrogen (secondary N) is 1. The number of aromatic amines is 1. The fourth-order valence-corrected chi connectivity index (χ4v) is 2.11. The molecule has 0 aliphatic carbocycles. The highest BCUT2D eigenvalue weighted by Gasteiger charge is 2.28. The third kappa shape index (κ3) is 3.25. The van der Waals surface area contributed by atoms with Crippen LogP contribution in [0.4, 0.5) is 5.82 Å². The van der Waals surface area contributed by atoms with Crippen molar-refractivity contribution in [3.05, 3.63) is 5.82 Å². The van der Waals surface area contributed by atoms with Crippen molar-refractivity contribution in [3.63, 3.8) is 0 Å². The van der Waals surface area contributed by atoms with Gasteiger partial charge in [0.2, 0.25) is 0 Å². The Bertz CT molecular complexity index is 760. The molecule has 124 valence electrons. The summed E-state index contributed by atoms with van der Waals surface area (Å²) in [7, 11) is 0. The summed E-state index contributed by atoms with van der Waals surface area (Å²) < 4.78 is 0. The molecular formula is C12H17N7O3S. The average molecular weight is 339 g/mol. The molecule has 2 aromatic rings. The van der Waals surface area contributed by atoms with Crippen LogP contribution in [0.25, 0.3) is 11.2 Å². The van der Waals surface area contributed by atoms with Crippen molar-refractivity contribution in [1.82, 2.24) is 19.9 Å². The van der Waals surface area contributed by atoms with E-state index in [1.54, 1.807) is 20.1 Å². The number of nitrogens with two attached hydrogens (primary N) is 2. The monoisotopic (exact) mass is 339 g/mol. The fraction of sp³-hybridized carbons (Fsp3) is 0.417. The van der Waals surface area contributed by atoms with Crippen LogP contribution in [-0.2, 0) is 4.79 Å². The molecule has 0 saturated carbocycles. The summed E-state index contributed by atoms with van der Waals surface area (Å²) in [6.07, 6.45) is 1.72. The average Bonchev–Trinajstić information content (AvgIpc) is 2.95. The van der Waals surface area contributed by atoms with Crippen LogP contribution >= 0.6 is 11.8 Å². The number of hydrogen-bond donors (Lipinski definition) is 4. The molecule has 0 saturated heterocycles. The van der Waals surface area contributed by atoms with Gasteiger partial charge in [0.05, 0.1) is 6.04 Å². The third-order valence-corrected chi connectivity index (χ3v) is 3.69. The molecule has 23 heavy (non-hydrogen) atoms. The van der Waals surface area contributed by atoms with Crippen LogP contribution in [0, 0.1) is 5.92 Å². The Kier molecular flexibility index (Phi) is 4.82. The van der Waals surface area contributed by atoms with Crippen LogP contribution in [0.15, 0.2) is 5.16 Å². The molecule has 0 fully saturated rings. The van der Waals surface area contributed by atoms with Gasteiger partial charge in [0.1, 0.15) is 5.52 Å². The second kappa shape index (κ2) is 6.48. The van der Waals surface area contributed by atoms with Gasteiger partial charge in [0.25, 0.3) is 11.8 Å². The number of rotatable bonds is 5. The molecule has 2 aromatic heterocycles. The Morgan fingerprint density at radius 3 is 2.48 bits per heavy atom. The molecular weight excluding hydrogens is 322 g/mol. The van der Waals surface area contributed by atoms with Gasteiger partial charge in [-0.25, -0.2) is 15.0 Å². The van der Waals surface area contributed by atoms with Crippen LogP contribution in [0.2, 0.25) is 0 Å². The molecule has 0 aliphatic rings. The maximum atomic E-state index is 12.2. The summed E-state index contributed by atoms with van der Waals surface area (Å²) in [5.41, 5.74) is 11.2. The Balaban J connectivity index is 2.57. The Morgan fingerprint density at radius 1 is 1.30 bits per heavy atom. The number of H-pyrrole nitrogens is 1. The lowest BCUT2D eigenvalue weighted by atomic mass is 10.1. The number of anilines is 1. The van der Waals surface area contributed by atoms with E-state index in [1.807, 2.05) is 0 Å². The summed E-state index contributed by atoms with van der Waals surface area (Å²) in [6, 6.07) is -0.915. The molecule has 0 radical (unpaired) electrons. The highest BCUT2D eigenvalue weighted by molar-refractivity contribution is 7.98. The van der Waals surface area contributed by atoms with Crippen LogP contribution < -0.4 is 16.5 Å². The van der Waals surface area contributed by atoms with Crippen LogP contribution in [0.5, 0.6) is 0 Å². The number of amides is 2. The molecule has 11 heteroatoms. The first-order chi connectivity index (χ1) is 10.8. The van der Waals surface area contributed by atoms with Gasteiger partial charge >= 0.3 is 0 Å². The number of fused-ring (bicyclic) bond motifs is 1. The standard InChI is InChI=1S/C12H17N7O3S/c1-4(2)5(13)11(21)19(22)10-6-8(17-12(18-10)23-3)16-9(15-6)7(14)20/h4-5,22H,13H2,1-3H3,(H2,14,20)(H,15,16,17,18). The van der Waals surface area contributed by atoms with E-state index in [1.165, 1.54) is 11.8 Å². The highest BCUT2D eigenvalue weighted by Crippen LogP contribution is 2.25. The molecule has 1 atom stereocenters. The fourth-order valence-electron chi connectivity index (χ4n) is 1.75. The van der Waals surface area contributed by atoms with Gasteiger partial charge in [0.15, 0.2) is 22.4 Å². The number of carbonyl (C=O) groups excluding carboxylic acids is 2. The van der Waals surface area contributed by atoms with E-state index in [0.29, 0.717) is 5.06 Å². The van der Waals surface area contributed by atoms with E-state index in [4.69, 9.17) is 11.5 Å². The van der Waals surface area contributed by atoms with E-state index in [9.17, 15) is 14.8 Å². The van der Waals surface area contributed by atoms with Crippen molar-refractivity contribution in [3.8, 4) is 0 Å². The smallest absolute Gasteiger partial charge is 0.284 e. The summed E-state index contributed by atoms with van der Waals surface area (Å²) >= 11 is 1.19. The van der Waals surface area contributed by atoms with Crippen molar-refractivity contribution in [2.45, 2.75) is 25.0 Å². The van der Waals surface area contributed by atoms with E-state index in [-0.39, 0.29) is 33.9 Å². The molecule has 0 aromatic carbocycles. The van der Waals surface area contributed by atoms with Gasteiger partial charge in [-0.05, 0) is 12.2 Å². The largest absolute Gasteiger partial charge is 0.363 e. The maximum Gasteiger partial charge on any atom is 0.284 e. The van der Waals surface area contributed by atoms with Gasteiger partial charge in [-0.15, -0.1) is 0 Å². The summed E-state index contributed by atoms with van der Waals surface area (Å²) in [4.78, 5) is 38.2. The van der Waals surface area contributed by atoms with Gasteiger partial charge in [-0.3, -0.25) is 14.8 Å². The third-order valence-electron chi connectivity index (χ3n) is 3.14. The number of thioether (sulfide) groups is 1. The number of aromatic nitrogens is 4. The van der Waals surface area contributed by atoms with Crippen LogP contribution in [0.1, 0.15) is 24.5 Å². The van der Waals surface area contributed by atoms with Crippen molar-refractivity contribution in [2.24, 2.45) is 17.4 Å². The quantitative estimate of drug-likeness (QED) is 0.253. The van der Waals surface area contributed by atoms with Crippen molar-refractivity contribution in [1.29, 1.82) is 0 Å². The zero-order valence-electron chi connectivity index (χ0n) is 12.8. The number of nitrogens with zero attached hydrogens (tertiary/aromatic N) is 4. The molecule has 0 spiro atoms. The first-order valence-electron chi connectivity index (χ1n) is 6.66. The number of primary amides is 1. The topological polar surface area (TPSA) is 164 Å². The molecule has 2 heterocycles. The SMILES string of the molecule is CSc1nc(N(O)C(=O)C(N)C(C)C)c2[nH]c(C(N)=O)nc2n1. The number of hydroxylamine groups is 1. The summed E-state index contributed by atoms with van der Waals surface area (Å²) in [5, 5.41) is 10.8. The molecule has 0 bridgehead atoms. The van der Waals surface area contributed by atoms with Crippen molar-refractivity contribution >= 4 is 40.6 Å². The lowest BCUT2D eigenvalue weighted by molar-refractivity contribution is -0.125. The number of carbonyl (C=O) groups is 2. The van der Waals surface area contributed by atoms with E-state index in [2.05, 4.69) is 19.9 Å². The second-order valence-electron chi connectivity index (χ2n) is 5.10. The van der Waals surface area contributed by atoms with Gasteiger partial charge in [0, 0.05) is 0 Å². The molecule has 2 amide bonds. The molecule has 0 aliphatic heterocycles. The van der Waals surface area contributed by atoms with Crippen LogP contribution in [-0.4, -0.2) is 49.3 Å². The molecule has 1 unspecified atom stereocenters. The summed E-state index contributed by atoms with van der Waals surface area (Å²) in [5.74, 6) is -2.00. The normalized spacial score (nSPS) is 12.6. The predicted molar refractivity (Wildman–Crippen MR) is 84.1 cm³/mol. The molecule has 6 N–H and O–H groups in total. The van der Waals surface area contributed by atoms with Gasteiger partial charge in [-0.2, -0.15) is 5.06 Å². The van der Waals surface area contributed by atoms with E-state index >= 15 is 0 Å². The molecule has 10 nitrogen and oxygen atoms in total. The maximum absolute atomic E-state index is 12.2. The first-order valence-corrected chi connectivity index (χ1v) is 7.88. The molecule has 2 rings (SSSR count). The first kappa shape index (κ1) is 17.1. The number of imidazole rings is 1. The van der Waals surface area contributed by atoms with Crippen molar-refractivity contribution < 1.29 is 14.8 Å². The predicted octanol–water partition coefficient (Wildman–Crippen LogP) is -0.121. The van der Waals surface area contributed by atoms with E-state index in [0.717, 1.165) is 0 Å². The van der Waals surface area contributed by atoms with E-state index < -0.39 is 17.9 Å². The zero-order valence-corrected chi connectivity index (χ0v) is 13.6. The van der Waals surface area contributed by atoms with Crippen molar-refractivity contribution in [2.75, 3.05) is 11.3 Å². The summed E-state index contributed by atoms with van der Waals surface area (Å²) in [6.45, 7) is 3.50. The zero-order chi connectivity index (χ0) is 17.3. The lowest BCUT2D eigenvalue weighted by Gasteiger charge is -2.21.